The van der Waals surface area contributed by atoms with Crippen LogP contribution in [0.4, 0.5) is 0 Å². The molecular weight excluding hydrogens is 364 g/mol. The highest BCUT2D eigenvalue weighted by molar-refractivity contribution is 8.00. The predicted octanol–water partition coefficient (Wildman–Crippen LogP) is 4.55. The fraction of sp³-hybridized carbons (Fsp3) is 0.381. The van der Waals surface area contributed by atoms with E-state index in [9.17, 15) is 4.79 Å². The van der Waals surface area contributed by atoms with E-state index in [-0.39, 0.29) is 17.2 Å². The summed E-state index contributed by atoms with van der Waals surface area (Å²) in [5, 5.41) is 4.00. The summed E-state index contributed by atoms with van der Waals surface area (Å²) in [6.45, 7) is 0. The van der Waals surface area contributed by atoms with Crippen molar-refractivity contribution in [1.29, 1.82) is 0 Å². The molecule has 0 aromatic heterocycles. The number of benzene rings is 2. The molecule has 1 saturated carbocycles. The van der Waals surface area contributed by atoms with Crippen LogP contribution in [0, 0.1) is 0 Å². The van der Waals surface area contributed by atoms with Crippen LogP contribution in [0.1, 0.15) is 42.1 Å². The van der Waals surface area contributed by atoms with Crippen molar-refractivity contribution in [2.45, 2.75) is 43.0 Å². The van der Waals surface area contributed by atoms with E-state index in [1.54, 1.807) is 11.8 Å². The Balaban J connectivity index is 1.62. The second-order valence-electron chi connectivity index (χ2n) is 6.83. The van der Waals surface area contributed by atoms with Crippen molar-refractivity contribution < 1.29 is 4.79 Å². The van der Waals surface area contributed by atoms with E-state index in [1.807, 2.05) is 42.5 Å². The summed E-state index contributed by atoms with van der Waals surface area (Å²) in [5.41, 5.74) is 8.29. The molecule has 3 rings (SSSR count). The fourth-order valence-electron chi connectivity index (χ4n) is 3.34. The van der Waals surface area contributed by atoms with Gasteiger partial charge in [0, 0.05) is 17.1 Å². The second kappa shape index (κ2) is 9.45. The first-order chi connectivity index (χ1) is 12.6. The first kappa shape index (κ1) is 19.3. The topological polar surface area (TPSA) is 55.1 Å². The van der Waals surface area contributed by atoms with Gasteiger partial charge in [0.25, 0.3) is 0 Å². The highest BCUT2D eigenvalue weighted by Crippen LogP contribution is 2.36. The zero-order valence-electron chi connectivity index (χ0n) is 14.7. The Morgan fingerprint density at radius 1 is 1.04 bits per heavy atom. The van der Waals surface area contributed by atoms with Gasteiger partial charge >= 0.3 is 0 Å². The van der Waals surface area contributed by atoms with Gasteiger partial charge in [-0.2, -0.15) is 0 Å². The van der Waals surface area contributed by atoms with Crippen molar-refractivity contribution in [2.75, 3.05) is 5.75 Å². The van der Waals surface area contributed by atoms with Crippen molar-refractivity contribution in [3.05, 3.63) is 70.7 Å². The molecule has 0 bridgehead atoms. The Bertz CT molecular complexity index is 700. The highest BCUT2D eigenvalue weighted by atomic mass is 35.5. The van der Waals surface area contributed by atoms with E-state index in [2.05, 4.69) is 17.4 Å². The molecule has 138 valence electrons. The minimum atomic E-state index is 0.102. The average molecular weight is 389 g/mol. The third-order valence-electron chi connectivity index (χ3n) is 4.79. The van der Waals surface area contributed by atoms with E-state index in [0.29, 0.717) is 11.8 Å². The maximum atomic E-state index is 12.4. The van der Waals surface area contributed by atoms with Crippen LogP contribution < -0.4 is 11.1 Å². The average Bonchev–Trinajstić information content (AvgIpc) is 2.66. The van der Waals surface area contributed by atoms with Crippen LogP contribution in [-0.4, -0.2) is 23.7 Å². The lowest BCUT2D eigenvalue weighted by Gasteiger charge is -2.27. The number of carbonyl (C=O) groups excluding carboxylic acids is 1. The summed E-state index contributed by atoms with van der Waals surface area (Å²) in [5.74, 6) is 0.537. The monoisotopic (exact) mass is 388 g/mol. The number of amides is 1. The van der Waals surface area contributed by atoms with E-state index in [0.717, 1.165) is 36.3 Å². The minimum absolute atomic E-state index is 0.102. The second-order valence-corrected chi connectivity index (χ2v) is 8.36. The van der Waals surface area contributed by atoms with Crippen molar-refractivity contribution >= 4 is 29.3 Å². The molecule has 0 heterocycles. The third-order valence-corrected chi connectivity index (χ3v) is 6.35. The molecule has 3 nitrogen and oxygen atoms in total. The number of thioether (sulfide) groups is 1. The number of carbonyl (C=O) groups is 1. The standard InChI is InChI=1S/C21H25ClN2OS/c22-17-8-6-16(7-9-17)21(15-4-2-1-3-5-15)26-14-20(25)24-19-12-10-18(23)11-13-19/h1-9,18-19,21H,10-14,23H2,(H,24,25). The fourth-order valence-corrected chi connectivity index (χ4v) is 4.57. The number of hydrogen-bond acceptors (Lipinski definition) is 3. The maximum absolute atomic E-state index is 12.4. The van der Waals surface area contributed by atoms with Crippen LogP contribution in [0.2, 0.25) is 5.02 Å². The Labute approximate surface area is 164 Å². The lowest BCUT2D eigenvalue weighted by atomic mass is 9.92. The van der Waals surface area contributed by atoms with Gasteiger partial charge in [-0.15, -0.1) is 11.8 Å². The number of nitrogens with one attached hydrogen (secondary N) is 1. The zero-order chi connectivity index (χ0) is 18.4. The van der Waals surface area contributed by atoms with Gasteiger partial charge in [-0.3, -0.25) is 4.79 Å². The van der Waals surface area contributed by atoms with Gasteiger partial charge in [0.1, 0.15) is 0 Å². The lowest BCUT2D eigenvalue weighted by Crippen LogP contribution is -2.41. The van der Waals surface area contributed by atoms with Gasteiger partial charge in [-0.05, 0) is 48.9 Å². The first-order valence-electron chi connectivity index (χ1n) is 9.09. The third kappa shape index (κ3) is 5.50. The van der Waals surface area contributed by atoms with Crippen LogP contribution >= 0.6 is 23.4 Å². The summed E-state index contributed by atoms with van der Waals surface area (Å²) < 4.78 is 0. The smallest absolute Gasteiger partial charge is 0.230 e. The van der Waals surface area contributed by atoms with Gasteiger partial charge in [-0.1, -0.05) is 54.1 Å². The molecular formula is C21H25ClN2OS. The molecule has 1 amide bonds. The molecule has 2 aromatic carbocycles. The molecule has 1 unspecified atom stereocenters. The number of hydrogen-bond donors (Lipinski definition) is 2. The molecule has 0 spiro atoms. The van der Waals surface area contributed by atoms with Gasteiger partial charge < -0.3 is 11.1 Å². The van der Waals surface area contributed by atoms with E-state index >= 15 is 0 Å². The Morgan fingerprint density at radius 3 is 2.31 bits per heavy atom. The van der Waals surface area contributed by atoms with Crippen LogP contribution in [0.15, 0.2) is 54.6 Å². The number of halogens is 1. The Hall–Kier alpha value is -1.49. The molecule has 0 aliphatic heterocycles. The summed E-state index contributed by atoms with van der Waals surface area (Å²) in [7, 11) is 0. The van der Waals surface area contributed by atoms with Gasteiger partial charge in [0.15, 0.2) is 0 Å². The quantitative estimate of drug-likeness (QED) is 0.763. The van der Waals surface area contributed by atoms with Gasteiger partial charge in [0.05, 0.1) is 11.0 Å². The predicted molar refractivity (Wildman–Crippen MR) is 111 cm³/mol. The van der Waals surface area contributed by atoms with Crippen LogP contribution in [0.3, 0.4) is 0 Å². The van der Waals surface area contributed by atoms with Crippen LogP contribution in [0.25, 0.3) is 0 Å². The molecule has 0 radical (unpaired) electrons. The van der Waals surface area contributed by atoms with Crippen molar-refractivity contribution in [1.82, 2.24) is 5.32 Å². The molecule has 1 aliphatic rings. The molecule has 1 fully saturated rings. The Kier molecular flexibility index (Phi) is 7.00. The summed E-state index contributed by atoms with van der Waals surface area (Å²) in [4.78, 5) is 12.4. The SMILES string of the molecule is NC1CCC(NC(=O)CSC(c2ccccc2)c2ccc(Cl)cc2)CC1. The lowest BCUT2D eigenvalue weighted by molar-refractivity contribution is -0.119. The molecule has 2 aromatic rings. The molecule has 0 saturated heterocycles. The maximum Gasteiger partial charge on any atom is 0.230 e. The number of nitrogens with two attached hydrogens (primary N) is 1. The van der Waals surface area contributed by atoms with Gasteiger partial charge in [0.2, 0.25) is 5.91 Å². The van der Waals surface area contributed by atoms with Crippen molar-refractivity contribution in [2.24, 2.45) is 5.73 Å². The summed E-state index contributed by atoms with van der Waals surface area (Å²) in [6, 6.07) is 18.7. The number of rotatable bonds is 6. The van der Waals surface area contributed by atoms with Crippen molar-refractivity contribution in [3.63, 3.8) is 0 Å². The normalized spacial score (nSPS) is 21.2. The molecule has 5 heteroatoms. The summed E-state index contributed by atoms with van der Waals surface area (Å²) in [6.07, 6.45) is 3.96. The van der Waals surface area contributed by atoms with Crippen molar-refractivity contribution in [3.8, 4) is 0 Å². The molecule has 1 atom stereocenters. The zero-order valence-corrected chi connectivity index (χ0v) is 16.3. The van der Waals surface area contributed by atoms with Crippen LogP contribution in [-0.2, 0) is 4.79 Å². The van der Waals surface area contributed by atoms with Gasteiger partial charge in [-0.25, -0.2) is 0 Å². The van der Waals surface area contributed by atoms with E-state index < -0.39 is 0 Å². The first-order valence-corrected chi connectivity index (χ1v) is 10.5. The molecule has 3 N–H and O–H groups in total. The minimum Gasteiger partial charge on any atom is -0.353 e. The Morgan fingerprint density at radius 2 is 1.65 bits per heavy atom. The molecule has 26 heavy (non-hydrogen) atoms. The van der Waals surface area contributed by atoms with E-state index in [4.69, 9.17) is 17.3 Å². The molecule has 1 aliphatic carbocycles. The van der Waals surface area contributed by atoms with E-state index in [1.165, 1.54) is 5.56 Å². The highest BCUT2D eigenvalue weighted by Gasteiger charge is 2.21. The van der Waals surface area contributed by atoms with Crippen LogP contribution in [0.5, 0.6) is 0 Å². The summed E-state index contributed by atoms with van der Waals surface area (Å²) >= 11 is 7.68. The largest absolute Gasteiger partial charge is 0.353 e.